The molecule has 1 aliphatic heterocycles. The highest BCUT2D eigenvalue weighted by Gasteiger charge is 2.29. The predicted octanol–water partition coefficient (Wildman–Crippen LogP) is 2.44. The second-order valence-electron chi connectivity index (χ2n) is 9.73. The van der Waals surface area contributed by atoms with Gasteiger partial charge < -0.3 is 20.3 Å². The first-order chi connectivity index (χ1) is 17.0. The van der Waals surface area contributed by atoms with Gasteiger partial charge in [-0.3, -0.25) is 9.59 Å². The fraction of sp³-hybridized carbons (Fsp3) is 0.682. The van der Waals surface area contributed by atoms with E-state index in [1.165, 1.54) is 29.3 Å². The van der Waals surface area contributed by atoms with Gasteiger partial charge in [0.25, 0.3) is 5.91 Å². The summed E-state index contributed by atoms with van der Waals surface area (Å²) in [5.41, 5.74) is -0.439. The van der Waals surface area contributed by atoms with Crippen LogP contribution in [0.4, 0.5) is 14.3 Å². The molecule has 2 atom stereocenters. The van der Waals surface area contributed by atoms with Crippen molar-refractivity contribution in [1.29, 1.82) is 0 Å². The quantitative estimate of drug-likeness (QED) is 0.509. The van der Waals surface area contributed by atoms with Crippen molar-refractivity contribution >= 4 is 34.4 Å². The number of hydrogen-bond acceptors (Lipinski definition) is 9. The van der Waals surface area contributed by atoms with Crippen molar-refractivity contribution in [2.75, 3.05) is 25.5 Å². The van der Waals surface area contributed by atoms with Crippen LogP contribution in [0.25, 0.3) is 0 Å². The number of amides is 3. The van der Waals surface area contributed by atoms with Crippen LogP contribution < -0.4 is 10.6 Å². The van der Waals surface area contributed by atoms with Gasteiger partial charge in [-0.05, 0) is 46.0 Å². The van der Waals surface area contributed by atoms with Gasteiger partial charge in [-0.15, -0.1) is 15.3 Å². The lowest BCUT2D eigenvalue weighted by Gasteiger charge is -2.33. The molecule has 3 rings (SSSR count). The molecule has 1 aliphatic rings. The number of alkyl halides is 1. The monoisotopic (exact) mass is 524 g/mol. The van der Waals surface area contributed by atoms with Crippen LogP contribution in [0.15, 0.2) is 6.20 Å². The Balaban J connectivity index is 1.41. The first-order valence-electron chi connectivity index (χ1n) is 11.9. The number of likely N-dealkylation sites (tertiary alicyclic amines) is 1. The maximum absolute atomic E-state index is 14.4. The van der Waals surface area contributed by atoms with E-state index in [0.29, 0.717) is 29.6 Å². The van der Waals surface area contributed by atoms with E-state index in [9.17, 15) is 18.8 Å². The van der Waals surface area contributed by atoms with Crippen molar-refractivity contribution in [2.24, 2.45) is 5.92 Å². The summed E-state index contributed by atoms with van der Waals surface area (Å²) in [6.07, 6.45) is 2.27. The van der Waals surface area contributed by atoms with Gasteiger partial charge in [0.05, 0.1) is 12.7 Å². The predicted molar refractivity (Wildman–Crippen MR) is 130 cm³/mol. The minimum Gasteiger partial charge on any atom is -0.444 e. The summed E-state index contributed by atoms with van der Waals surface area (Å²) in [7, 11) is 1.48. The molecule has 12 nitrogen and oxygen atoms in total. The van der Waals surface area contributed by atoms with Crippen LogP contribution in [0, 0.1) is 5.92 Å². The van der Waals surface area contributed by atoms with Gasteiger partial charge in [-0.2, -0.15) is 0 Å². The number of nitrogens with zero attached hydrogens (tertiary/aromatic N) is 6. The van der Waals surface area contributed by atoms with Gasteiger partial charge in [0, 0.05) is 33.0 Å². The maximum Gasteiger partial charge on any atom is 0.410 e. The van der Waals surface area contributed by atoms with Crippen molar-refractivity contribution < 1.29 is 23.5 Å². The third-order valence-electron chi connectivity index (χ3n) is 5.41. The Hall–Kier alpha value is -3.16. The number of anilines is 1. The molecule has 1 saturated heterocycles. The fourth-order valence-corrected chi connectivity index (χ4v) is 4.53. The van der Waals surface area contributed by atoms with E-state index in [-0.39, 0.29) is 48.9 Å². The number of hydrogen-bond donors (Lipinski definition) is 2. The Kier molecular flexibility index (Phi) is 9.29. The SMILES string of the molecule is CNC(=O)c1cn(C[C@@H](F)CCc2nnc(NC(=O)CC3CCCN(C(=O)OC(C)(C)C)C3)s2)nn1. The number of ether oxygens (including phenoxy) is 1. The molecule has 0 aromatic carbocycles. The number of aromatic nitrogens is 5. The molecule has 1 fully saturated rings. The van der Waals surface area contributed by atoms with Crippen LogP contribution in [0.5, 0.6) is 0 Å². The highest BCUT2D eigenvalue weighted by atomic mass is 32.1. The van der Waals surface area contributed by atoms with Crippen molar-refractivity contribution in [3.63, 3.8) is 0 Å². The Morgan fingerprint density at radius 3 is 2.78 bits per heavy atom. The summed E-state index contributed by atoms with van der Waals surface area (Å²) in [5.74, 6) is -0.550. The number of carbonyl (C=O) groups is 3. The lowest BCUT2D eigenvalue weighted by Crippen LogP contribution is -2.43. The summed E-state index contributed by atoms with van der Waals surface area (Å²) in [6, 6.07) is 0. The molecular formula is C22H33FN8O4S. The molecule has 2 aromatic heterocycles. The molecule has 0 aliphatic carbocycles. The minimum absolute atomic E-state index is 0.0336. The lowest BCUT2D eigenvalue weighted by molar-refractivity contribution is -0.117. The number of rotatable bonds is 9. The van der Waals surface area contributed by atoms with E-state index >= 15 is 0 Å². The molecule has 198 valence electrons. The Labute approximate surface area is 213 Å². The Morgan fingerprint density at radius 2 is 2.06 bits per heavy atom. The summed E-state index contributed by atoms with van der Waals surface area (Å²) in [6.45, 7) is 6.53. The fourth-order valence-electron chi connectivity index (χ4n) is 3.76. The highest BCUT2D eigenvalue weighted by molar-refractivity contribution is 7.15. The molecule has 0 saturated carbocycles. The average Bonchev–Trinajstić information content (AvgIpc) is 3.45. The van der Waals surface area contributed by atoms with Crippen LogP contribution in [0.2, 0.25) is 0 Å². The van der Waals surface area contributed by atoms with E-state index < -0.39 is 11.8 Å². The molecule has 14 heteroatoms. The van der Waals surface area contributed by atoms with Gasteiger partial charge >= 0.3 is 6.09 Å². The Morgan fingerprint density at radius 1 is 1.28 bits per heavy atom. The number of carbonyl (C=O) groups excluding carboxylic acids is 3. The van der Waals surface area contributed by atoms with Crippen LogP contribution in [-0.4, -0.2) is 79.9 Å². The third-order valence-corrected chi connectivity index (χ3v) is 6.31. The van der Waals surface area contributed by atoms with E-state index in [0.717, 1.165) is 12.8 Å². The highest BCUT2D eigenvalue weighted by Crippen LogP contribution is 2.23. The van der Waals surface area contributed by atoms with Crippen LogP contribution in [0.1, 0.15) is 62.0 Å². The third kappa shape index (κ3) is 8.50. The molecular weight excluding hydrogens is 491 g/mol. The van der Waals surface area contributed by atoms with Gasteiger partial charge in [-0.25, -0.2) is 13.9 Å². The standard InChI is InChI=1S/C22H33FN8O4S/c1-22(2,3)35-21(34)30-9-5-6-14(11-30)10-17(32)25-20-28-27-18(36-20)8-7-15(23)12-31-13-16(26-29-31)19(33)24-4/h13-15H,5-12H2,1-4H3,(H,24,33)(H,25,28,32)/t14?,15-/m0/s1. The molecule has 3 heterocycles. The number of aryl methyl sites for hydroxylation is 1. The zero-order chi connectivity index (χ0) is 26.3. The van der Waals surface area contributed by atoms with Crippen molar-refractivity contribution in [3.8, 4) is 0 Å². The molecule has 36 heavy (non-hydrogen) atoms. The normalized spacial score (nSPS) is 16.9. The van der Waals surface area contributed by atoms with Crippen molar-refractivity contribution in [2.45, 2.75) is 71.2 Å². The van der Waals surface area contributed by atoms with Crippen LogP contribution >= 0.6 is 11.3 Å². The van der Waals surface area contributed by atoms with E-state index in [1.54, 1.807) is 4.90 Å². The number of piperidine rings is 1. The second kappa shape index (κ2) is 12.2. The number of nitrogens with one attached hydrogen (secondary N) is 2. The molecule has 2 N–H and O–H groups in total. The summed E-state index contributed by atoms with van der Waals surface area (Å²) >= 11 is 1.20. The largest absolute Gasteiger partial charge is 0.444 e. The first kappa shape index (κ1) is 27.4. The smallest absolute Gasteiger partial charge is 0.410 e. The van der Waals surface area contributed by atoms with Gasteiger partial charge in [0.1, 0.15) is 16.8 Å². The minimum atomic E-state index is -1.22. The zero-order valence-corrected chi connectivity index (χ0v) is 21.8. The number of halogens is 1. The second-order valence-corrected chi connectivity index (χ2v) is 10.8. The first-order valence-corrected chi connectivity index (χ1v) is 12.7. The Bertz CT molecular complexity index is 1050. The molecule has 0 radical (unpaired) electrons. The summed E-state index contributed by atoms with van der Waals surface area (Å²) < 4.78 is 21.1. The maximum atomic E-state index is 14.4. The summed E-state index contributed by atoms with van der Waals surface area (Å²) in [4.78, 5) is 38.0. The van der Waals surface area contributed by atoms with E-state index in [2.05, 4.69) is 31.1 Å². The molecule has 1 unspecified atom stereocenters. The van der Waals surface area contributed by atoms with E-state index in [4.69, 9.17) is 4.74 Å². The molecule has 2 aromatic rings. The van der Waals surface area contributed by atoms with Crippen LogP contribution in [-0.2, 0) is 22.5 Å². The van der Waals surface area contributed by atoms with E-state index in [1.807, 2.05) is 20.8 Å². The van der Waals surface area contributed by atoms with Gasteiger partial charge in [0.2, 0.25) is 11.0 Å². The summed E-state index contributed by atoms with van der Waals surface area (Å²) in [5, 5.41) is 21.6. The van der Waals surface area contributed by atoms with Crippen molar-refractivity contribution in [1.82, 2.24) is 35.4 Å². The van der Waals surface area contributed by atoms with Gasteiger partial charge in [0.15, 0.2) is 5.69 Å². The van der Waals surface area contributed by atoms with Crippen LogP contribution in [0.3, 0.4) is 0 Å². The molecule has 0 bridgehead atoms. The van der Waals surface area contributed by atoms with Gasteiger partial charge in [-0.1, -0.05) is 16.6 Å². The average molecular weight is 525 g/mol. The lowest BCUT2D eigenvalue weighted by atomic mass is 9.95. The topological polar surface area (TPSA) is 144 Å². The molecule has 3 amide bonds. The molecule has 0 spiro atoms. The van der Waals surface area contributed by atoms with Crippen molar-refractivity contribution in [3.05, 3.63) is 16.9 Å². The zero-order valence-electron chi connectivity index (χ0n) is 21.0.